The molecule has 0 aliphatic carbocycles. The number of benzene rings is 1. The van der Waals surface area contributed by atoms with Gasteiger partial charge in [0.05, 0.1) is 32.4 Å². The number of β-amino-alcohol motifs (C(OH)–C–C–N with tert-alkyl or cyclic N) is 1. The zero-order valence-electron chi connectivity index (χ0n) is 16.5. The van der Waals surface area contributed by atoms with E-state index < -0.39 is 29.9 Å². The van der Waals surface area contributed by atoms with Crippen LogP contribution in [0.5, 0.6) is 0 Å². The number of morpholine rings is 1. The van der Waals surface area contributed by atoms with Gasteiger partial charge in [-0.15, -0.1) is 0 Å². The molecule has 1 aromatic heterocycles. The first-order chi connectivity index (χ1) is 14.2. The molecule has 0 bridgehead atoms. The molecule has 0 spiro atoms. The van der Waals surface area contributed by atoms with Gasteiger partial charge in [0.15, 0.2) is 5.54 Å². The Kier molecular flexibility index (Phi) is 5.23. The van der Waals surface area contributed by atoms with Gasteiger partial charge in [0.2, 0.25) is 5.95 Å². The summed E-state index contributed by atoms with van der Waals surface area (Å²) in [7, 11) is 0. The average molecular weight is 424 g/mol. The maximum atomic E-state index is 14.1. The van der Waals surface area contributed by atoms with E-state index in [-0.39, 0.29) is 12.5 Å². The summed E-state index contributed by atoms with van der Waals surface area (Å²) < 4.78 is 48.7. The second-order valence-electron chi connectivity index (χ2n) is 7.75. The Labute approximate surface area is 171 Å². The summed E-state index contributed by atoms with van der Waals surface area (Å²) in [6.07, 6.45) is -5.81. The van der Waals surface area contributed by atoms with E-state index in [1.807, 2.05) is 4.90 Å². The molecule has 0 unspecified atom stereocenters. The minimum Gasteiger partial charge on any atom is -0.387 e. The molecule has 162 valence electrons. The lowest BCUT2D eigenvalue weighted by atomic mass is 9.99. The second-order valence-corrected chi connectivity index (χ2v) is 7.75. The number of hydrogen-bond acceptors (Lipinski definition) is 6. The number of fused-ring (bicyclic) bond motifs is 1. The van der Waals surface area contributed by atoms with Gasteiger partial charge in [0.1, 0.15) is 5.82 Å². The van der Waals surface area contributed by atoms with E-state index in [0.29, 0.717) is 37.7 Å². The number of aliphatic hydroxyl groups is 1. The molecule has 2 aliphatic rings. The van der Waals surface area contributed by atoms with Crippen LogP contribution < -0.4 is 15.4 Å². The number of hydrogen-bond donors (Lipinski definition) is 1. The standard InChI is InChI=1S/C20H23F3N4O3/c1-19(20(21,22)23)13-26-17(29)11-16(25-7-9-30-10-8-25)24-18(26)27(19)12-15(28)14-5-3-2-4-6-14/h2-6,11,15,28H,7-10,12-13H2,1H3/t15-,19-/m0/s1. The van der Waals surface area contributed by atoms with E-state index >= 15 is 0 Å². The van der Waals surface area contributed by atoms with Gasteiger partial charge in [-0.2, -0.15) is 18.2 Å². The van der Waals surface area contributed by atoms with Gasteiger partial charge in [0.25, 0.3) is 5.56 Å². The number of anilines is 2. The number of aromatic nitrogens is 2. The van der Waals surface area contributed by atoms with E-state index in [1.54, 1.807) is 30.3 Å². The lowest BCUT2D eigenvalue weighted by molar-refractivity contribution is -0.183. The third-order valence-electron chi connectivity index (χ3n) is 5.76. The first-order valence-corrected chi connectivity index (χ1v) is 9.73. The Morgan fingerprint density at radius 3 is 2.53 bits per heavy atom. The molecule has 1 fully saturated rings. The summed E-state index contributed by atoms with van der Waals surface area (Å²) in [5.41, 5.74) is -2.42. The molecule has 2 atom stereocenters. The molecular weight excluding hydrogens is 401 g/mol. The molecule has 1 N–H and O–H groups in total. The summed E-state index contributed by atoms with van der Waals surface area (Å²) in [6, 6.07) is 9.74. The third-order valence-corrected chi connectivity index (χ3v) is 5.76. The quantitative estimate of drug-likeness (QED) is 0.809. The fourth-order valence-corrected chi connectivity index (χ4v) is 3.88. The van der Waals surface area contributed by atoms with Crippen LogP contribution in [0.1, 0.15) is 18.6 Å². The molecule has 2 aromatic rings. The maximum absolute atomic E-state index is 14.1. The van der Waals surface area contributed by atoms with Crippen LogP contribution in [0.25, 0.3) is 0 Å². The van der Waals surface area contributed by atoms with Crippen LogP contribution in [0.15, 0.2) is 41.2 Å². The van der Waals surface area contributed by atoms with Gasteiger partial charge < -0.3 is 19.6 Å². The molecule has 0 saturated carbocycles. The van der Waals surface area contributed by atoms with Crippen LogP contribution in [0.2, 0.25) is 0 Å². The minimum atomic E-state index is -4.64. The first-order valence-electron chi connectivity index (χ1n) is 9.73. The van der Waals surface area contributed by atoms with Crippen molar-refractivity contribution in [3.05, 3.63) is 52.3 Å². The van der Waals surface area contributed by atoms with E-state index in [4.69, 9.17) is 4.74 Å². The molecule has 0 radical (unpaired) electrons. The minimum absolute atomic E-state index is 0.0844. The van der Waals surface area contributed by atoms with E-state index in [9.17, 15) is 23.1 Å². The molecule has 1 aromatic carbocycles. The number of nitrogens with zero attached hydrogens (tertiary/aromatic N) is 4. The highest BCUT2D eigenvalue weighted by Crippen LogP contribution is 2.44. The zero-order valence-corrected chi connectivity index (χ0v) is 16.5. The predicted molar refractivity (Wildman–Crippen MR) is 105 cm³/mol. The van der Waals surface area contributed by atoms with Crippen LogP contribution in [0.4, 0.5) is 24.9 Å². The normalized spacial score (nSPS) is 22.8. The van der Waals surface area contributed by atoms with Gasteiger partial charge in [-0.3, -0.25) is 9.36 Å². The Hall–Kier alpha value is -2.59. The molecule has 30 heavy (non-hydrogen) atoms. The second kappa shape index (κ2) is 7.59. The lowest BCUT2D eigenvalue weighted by Gasteiger charge is -2.38. The predicted octanol–water partition coefficient (Wildman–Crippen LogP) is 1.95. The van der Waals surface area contributed by atoms with Gasteiger partial charge in [0, 0.05) is 19.2 Å². The van der Waals surface area contributed by atoms with Crippen molar-refractivity contribution < 1.29 is 23.0 Å². The molecule has 1 saturated heterocycles. The van der Waals surface area contributed by atoms with Crippen molar-refractivity contribution >= 4 is 11.8 Å². The summed E-state index contributed by atoms with van der Waals surface area (Å²) in [5.74, 6) is 0.235. The Morgan fingerprint density at radius 2 is 1.90 bits per heavy atom. The molecule has 4 rings (SSSR count). The SMILES string of the molecule is C[C@@]1(C(F)(F)F)Cn2c(nc(N3CCOCC3)cc2=O)N1C[C@H](O)c1ccccc1. The van der Waals surface area contributed by atoms with Gasteiger partial charge >= 0.3 is 6.18 Å². The van der Waals surface area contributed by atoms with Crippen molar-refractivity contribution in [1.82, 2.24) is 9.55 Å². The lowest BCUT2D eigenvalue weighted by Crippen LogP contribution is -2.56. The van der Waals surface area contributed by atoms with Gasteiger partial charge in [-0.25, -0.2) is 0 Å². The van der Waals surface area contributed by atoms with Crippen molar-refractivity contribution in [3.63, 3.8) is 0 Å². The zero-order chi connectivity index (χ0) is 21.5. The van der Waals surface area contributed by atoms with Crippen LogP contribution in [-0.2, 0) is 11.3 Å². The highest BCUT2D eigenvalue weighted by molar-refractivity contribution is 5.50. The number of aliphatic hydroxyl groups excluding tert-OH is 1. The average Bonchev–Trinajstić information content (AvgIpc) is 3.03. The van der Waals surface area contributed by atoms with Crippen LogP contribution >= 0.6 is 0 Å². The molecule has 10 heteroatoms. The number of halogens is 3. The first kappa shape index (κ1) is 20.7. The van der Waals surface area contributed by atoms with Crippen molar-refractivity contribution in [2.75, 3.05) is 42.6 Å². The summed E-state index contributed by atoms with van der Waals surface area (Å²) >= 11 is 0. The van der Waals surface area contributed by atoms with Crippen LogP contribution in [0.3, 0.4) is 0 Å². The Bertz CT molecular complexity index is 960. The van der Waals surface area contributed by atoms with Crippen molar-refractivity contribution in [2.24, 2.45) is 0 Å². The Balaban J connectivity index is 1.75. The van der Waals surface area contributed by atoms with E-state index in [1.165, 1.54) is 6.07 Å². The fraction of sp³-hybridized carbons (Fsp3) is 0.500. The highest BCUT2D eigenvalue weighted by atomic mass is 19.4. The smallest absolute Gasteiger partial charge is 0.387 e. The van der Waals surface area contributed by atoms with E-state index in [0.717, 1.165) is 16.4 Å². The molecule has 3 heterocycles. The topological polar surface area (TPSA) is 70.8 Å². The largest absolute Gasteiger partial charge is 0.413 e. The number of alkyl halides is 3. The number of ether oxygens (including phenoxy) is 1. The van der Waals surface area contributed by atoms with Gasteiger partial charge in [-0.05, 0) is 12.5 Å². The summed E-state index contributed by atoms with van der Waals surface area (Å²) in [4.78, 5) is 20.0. The van der Waals surface area contributed by atoms with Crippen molar-refractivity contribution in [3.8, 4) is 0 Å². The fourth-order valence-electron chi connectivity index (χ4n) is 3.88. The van der Waals surface area contributed by atoms with Gasteiger partial charge in [-0.1, -0.05) is 30.3 Å². The van der Waals surface area contributed by atoms with Crippen LogP contribution in [0, 0.1) is 0 Å². The summed E-state index contributed by atoms with van der Waals surface area (Å²) in [6.45, 7) is 2.01. The molecule has 0 amide bonds. The van der Waals surface area contributed by atoms with Crippen molar-refractivity contribution in [2.45, 2.75) is 31.3 Å². The monoisotopic (exact) mass is 424 g/mol. The maximum Gasteiger partial charge on any atom is 0.413 e. The van der Waals surface area contributed by atoms with E-state index in [2.05, 4.69) is 4.98 Å². The number of rotatable bonds is 4. The highest BCUT2D eigenvalue weighted by Gasteiger charge is 2.60. The third kappa shape index (κ3) is 3.54. The van der Waals surface area contributed by atoms with Crippen LogP contribution in [-0.4, -0.2) is 59.2 Å². The summed E-state index contributed by atoms with van der Waals surface area (Å²) in [5, 5.41) is 10.6. The van der Waals surface area contributed by atoms with Crippen molar-refractivity contribution in [1.29, 1.82) is 0 Å². The Morgan fingerprint density at radius 1 is 1.23 bits per heavy atom. The molecule has 2 aliphatic heterocycles. The molecular formula is C20H23F3N4O3. The molecule has 7 nitrogen and oxygen atoms in total.